The second kappa shape index (κ2) is 6.71. The third-order valence-corrected chi connectivity index (χ3v) is 4.34. The number of hydrogen-bond acceptors (Lipinski definition) is 5. The van der Waals surface area contributed by atoms with E-state index in [9.17, 15) is 33.1 Å². The first-order valence-corrected chi connectivity index (χ1v) is 7.43. The topological polar surface area (TPSA) is 99.4 Å². The van der Waals surface area contributed by atoms with Crippen LogP contribution < -0.4 is 5.32 Å². The highest BCUT2D eigenvalue weighted by atomic mass is 19.4. The Hall–Kier alpha value is -3.02. The molecule has 3 atom stereocenters. The minimum atomic E-state index is -4.77. The largest absolute Gasteiger partial charge is 0.480 e. The molecular weight excluding hydrogens is 353 g/mol. The molecule has 1 aromatic rings. The Morgan fingerprint density at radius 3 is 2.46 bits per heavy atom. The van der Waals surface area contributed by atoms with Gasteiger partial charge in [-0.15, -0.1) is 0 Å². The minimum absolute atomic E-state index is 0.277. The number of methoxy groups -OCH3 is 1. The molecule has 0 amide bonds. The summed E-state index contributed by atoms with van der Waals surface area (Å²) in [6.45, 7) is 1.47. The Kier molecular flexibility index (Phi) is 4.98. The molecule has 3 unspecified atom stereocenters. The number of nitrogens with one attached hydrogen (secondary N) is 1. The standard InChI is InChI=1S/C17H15F3N2O4/c1-9-7-12(10-5-3-4-6-11(10)17(18,19)20)16(14(23)24,15(25)26-2)13(8-21)22-9/h3-7,12-13,22H,1-2H3,(H,23,24). The summed E-state index contributed by atoms with van der Waals surface area (Å²) in [6.07, 6.45) is -3.57. The summed E-state index contributed by atoms with van der Waals surface area (Å²) in [5.74, 6) is -4.62. The number of carboxylic acid groups (broad SMARTS) is 1. The van der Waals surface area contributed by atoms with E-state index in [1.165, 1.54) is 19.1 Å². The Labute approximate surface area is 146 Å². The van der Waals surface area contributed by atoms with Gasteiger partial charge in [0.25, 0.3) is 0 Å². The van der Waals surface area contributed by atoms with Crippen LogP contribution in [0.25, 0.3) is 0 Å². The summed E-state index contributed by atoms with van der Waals surface area (Å²) in [5.41, 5.74) is -3.81. The number of halogens is 3. The van der Waals surface area contributed by atoms with Gasteiger partial charge < -0.3 is 15.2 Å². The van der Waals surface area contributed by atoms with Crippen molar-refractivity contribution >= 4 is 11.9 Å². The minimum Gasteiger partial charge on any atom is -0.480 e. The second-order valence-corrected chi connectivity index (χ2v) is 5.78. The predicted octanol–water partition coefficient (Wildman–Crippen LogP) is 2.43. The molecule has 1 aliphatic rings. The van der Waals surface area contributed by atoms with Gasteiger partial charge in [-0.3, -0.25) is 9.59 Å². The first-order chi connectivity index (χ1) is 12.1. The van der Waals surface area contributed by atoms with Gasteiger partial charge >= 0.3 is 18.1 Å². The van der Waals surface area contributed by atoms with Gasteiger partial charge in [-0.1, -0.05) is 24.3 Å². The highest BCUT2D eigenvalue weighted by molar-refractivity contribution is 6.02. The fourth-order valence-corrected chi connectivity index (χ4v) is 3.20. The Morgan fingerprint density at radius 2 is 1.96 bits per heavy atom. The molecule has 0 saturated heterocycles. The van der Waals surface area contributed by atoms with Crippen molar-refractivity contribution in [1.29, 1.82) is 5.26 Å². The van der Waals surface area contributed by atoms with E-state index in [1.807, 2.05) is 0 Å². The van der Waals surface area contributed by atoms with E-state index in [1.54, 1.807) is 6.07 Å². The van der Waals surface area contributed by atoms with Gasteiger partial charge in [0.15, 0.2) is 0 Å². The van der Waals surface area contributed by atoms with E-state index in [0.29, 0.717) is 0 Å². The maximum Gasteiger partial charge on any atom is 0.416 e. The number of nitriles is 1. The van der Waals surface area contributed by atoms with Crippen LogP contribution in [0.3, 0.4) is 0 Å². The molecule has 0 bridgehead atoms. The zero-order valence-electron chi connectivity index (χ0n) is 13.8. The second-order valence-electron chi connectivity index (χ2n) is 5.78. The van der Waals surface area contributed by atoms with E-state index in [-0.39, 0.29) is 5.70 Å². The predicted molar refractivity (Wildman–Crippen MR) is 82.6 cm³/mol. The van der Waals surface area contributed by atoms with Crippen molar-refractivity contribution in [2.24, 2.45) is 5.41 Å². The molecule has 1 aliphatic heterocycles. The van der Waals surface area contributed by atoms with E-state index >= 15 is 0 Å². The fourth-order valence-electron chi connectivity index (χ4n) is 3.20. The number of ether oxygens (including phenoxy) is 1. The molecule has 0 fully saturated rings. The quantitative estimate of drug-likeness (QED) is 0.628. The maximum absolute atomic E-state index is 13.5. The summed E-state index contributed by atoms with van der Waals surface area (Å²) in [6, 6.07) is 4.40. The van der Waals surface area contributed by atoms with Gasteiger partial charge in [0.1, 0.15) is 6.04 Å². The first kappa shape index (κ1) is 19.3. The summed E-state index contributed by atoms with van der Waals surface area (Å²) in [5, 5.41) is 21.7. The van der Waals surface area contributed by atoms with Gasteiger partial charge in [0.05, 0.1) is 18.7 Å². The molecule has 2 rings (SSSR count). The summed E-state index contributed by atoms with van der Waals surface area (Å²) in [4.78, 5) is 24.5. The fraction of sp³-hybridized carbons (Fsp3) is 0.353. The van der Waals surface area contributed by atoms with Crippen LogP contribution in [0.2, 0.25) is 0 Å². The molecule has 0 spiro atoms. The van der Waals surface area contributed by atoms with Crippen molar-refractivity contribution < 1.29 is 32.6 Å². The molecule has 0 aromatic heterocycles. The highest BCUT2D eigenvalue weighted by Crippen LogP contribution is 2.48. The lowest BCUT2D eigenvalue weighted by atomic mass is 9.64. The van der Waals surface area contributed by atoms with Gasteiger partial charge in [-0.25, -0.2) is 0 Å². The third kappa shape index (κ3) is 2.87. The normalized spacial score (nSPS) is 25.5. The monoisotopic (exact) mass is 368 g/mol. The van der Waals surface area contributed by atoms with Crippen molar-refractivity contribution in [3.05, 3.63) is 47.2 Å². The van der Waals surface area contributed by atoms with Crippen LogP contribution in [0.4, 0.5) is 13.2 Å². The number of carbonyl (C=O) groups excluding carboxylic acids is 1. The number of benzene rings is 1. The van der Waals surface area contributed by atoms with E-state index < -0.39 is 46.6 Å². The molecule has 1 aromatic carbocycles. The Balaban J connectivity index is 2.87. The highest BCUT2D eigenvalue weighted by Gasteiger charge is 2.62. The van der Waals surface area contributed by atoms with Crippen LogP contribution in [0.15, 0.2) is 36.0 Å². The van der Waals surface area contributed by atoms with Crippen LogP contribution >= 0.6 is 0 Å². The molecule has 0 saturated carbocycles. The number of nitrogens with zero attached hydrogens (tertiary/aromatic N) is 1. The average molecular weight is 368 g/mol. The summed E-state index contributed by atoms with van der Waals surface area (Å²) < 4.78 is 44.9. The molecule has 0 aliphatic carbocycles. The van der Waals surface area contributed by atoms with E-state index in [0.717, 1.165) is 25.3 Å². The van der Waals surface area contributed by atoms with Crippen molar-refractivity contribution in [3.63, 3.8) is 0 Å². The number of aliphatic carboxylic acids is 1. The number of esters is 1. The van der Waals surface area contributed by atoms with E-state index in [4.69, 9.17) is 0 Å². The number of carboxylic acids is 1. The number of carbonyl (C=O) groups is 2. The lowest BCUT2D eigenvalue weighted by Crippen LogP contribution is -2.60. The number of allylic oxidation sites excluding steroid dienone is 2. The zero-order chi connectivity index (χ0) is 19.7. The van der Waals surface area contributed by atoms with Crippen molar-refractivity contribution in [1.82, 2.24) is 5.32 Å². The molecule has 0 radical (unpaired) electrons. The van der Waals surface area contributed by atoms with Gasteiger partial charge in [-0.2, -0.15) is 18.4 Å². The molecule has 6 nitrogen and oxygen atoms in total. The number of rotatable bonds is 3. The Bertz CT molecular complexity index is 813. The lowest BCUT2D eigenvalue weighted by Gasteiger charge is -2.41. The van der Waals surface area contributed by atoms with Gasteiger partial charge in [-0.05, 0) is 18.6 Å². The molecule has 9 heteroatoms. The van der Waals surface area contributed by atoms with Crippen LogP contribution in [0, 0.1) is 16.7 Å². The number of alkyl halides is 3. The van der Waals surface area contributed by atoms with Crippen LogP contribution in [0.1, 0.15) is 24.0 Å². The summed E-state index contributed by atoms with van der Waals surface area (Å²) in [7, 11) is 0.916. The smallest absolute Gasteiger partial charge is 0.416 e. The van der Waals surface area contributed by atoms with Crippen LogP contribution in [0.5, 0.6) is 0 Å². The van der Waals surface area contributed by atoms with Crippen molar-refractivity contribution in [3.8, 4) is 6.07 Å². The van der Waals surface area contributed by atoms with Gasteiger partial charge in [0.2, 0.25) is 5.41 Å². The van der Waals surface area contributed by atoms with Crippen LogP contribution in [-0.2, 0) is 20.5 Å². The van der Waals surface area contributed by atoms with E-state index in [2.05, 4.69) is 10.1 Å². The molecule has 138 valence electrons. The molecule has 26 heavy (non-hydrogen) atoms. The van der Waals surface area contributed by atoms with Crippen molar-refractivity contribution in [2.75, 3.05) is 7.11 Å². The van der Waals surface area contributed by atoms with Gasteiger partial charge in [0, 0.05) is 11.6 Å². The Morgan fingerprint density at radius 1 is 1.35 bits per heavy atom. The molecule has 2 N–H and O–H groups in total. The number of hydrogen-bond donors (Lipinski definition) is 2. The van der Waals surface area contributed by atoms with Crippen molar-refractivity contribution in [2.45, 2.75) is 25.1 Å². The third-order valence-electron chi connectivity index (χ3n) is 4.34. The van der Waals surface area contributed by atoms with Crippen LogP contribution in [-0.4, -0.2) is 30.2 Å². The summed E-state index contributed by atoms with van der Waals surface area (Å²) >= 11 is 0. The molecule has 1 heterocycles. The first-order valence-electron chi connectivity index (χ1n) is 7.43. The SMILES string of the molecule is COC(=O)C1(C(=O)O)C(C#N)NC(C)=CC1c1ccccc1C(F)(F)F. The average Bonchev–Trinajstić information content (AvgIpc) is 2.59. The zero-order valence-corrected chi connectivity index (χ0v) is 13.8. The maximum atomic E-state index is 13.5. The molecular formula is C17H15F3N2O4. The lowest BCUT2D eigenvalue weighted by molar-refractivity contribution is -0.170.